The maximum atomic E-state index is 5.93. The standard InChI is InChI=1S/C17H21N3O2S.HI/c1-21-13-8-9-16(22-2)15(12-13)20-17(18)19-10-11-23-14-6-4-3-5-7-14;/h3-9,12H,10-11H2,1-2H3,(H3,18,19,20);1H. The highest BCUT2D eigenvalue weighted by Crippen LogP contribution is 2.28. The van der Waals surface area contributed by atoms with Crippen LogP contribution in [0.5, 0.6) is 11.5 Å². The molecule has 130 valence electrons. The van der Waals surface area contributed by atoms with E-state index in [0.29, 0.717) is 18.3 Å². The average molecular weight is 459 g/mol. The van der Waals surface area contributed by atoms with E-state index in [1.54, 1.807) is 26.0 Å². The number of aliphatic imine (C=N–C) groups is 1. The van der Waals surface area contributed by atoms with Crippen molar-refractivity contribution >= 4 is 47.4 Å². The second-order valence-corrected chi connectivity index (χ2v) is 5.79. The summed E-state index contributed by atoms with van der Waals surface area (Å²) in [4.78, 5) is 5.56. The zero-order valence-electron chi connectivity index (χ0n) is 13.7. The number of halogens is 1. The predicted octanol–water partition coefficient (Wildman–Crippen LogP) is 3.84. The second kappa shape index (κ2) is 11.0. The number of thioether (sulfide) groups is 1. The Bertz CT molecular complexity index is 654. The molecule has 0 saturated carbocycles. The number of methoxy groups -OCH3 is 2. The van der Waals surface area contributed by atoms with Gasteiger partial charge in [-0.15, -0.1) is 35.7 Å². The molecule has 0 spiro atoms. The highest BCUT2D eigenvalue weighted by molar-refractivity contribution is 14.0. The highest BCUT2D eigenvalue weighted by Gasteiger charge is 2.05. The number of hydrogen-bond acceptors (Lipinski definition) is 4. The Balaban J connectivity index is 0.00000288. The molecule has 2 aromatic carbocycles. The normalized spacial score (nSPS) is 10.7. The first kappa shape index (κ1) is 20.4. The number of nitrogens with one attached hydrogen (secondary N) is 1. The Morgan fingerprint density at radius 1 is 1.12 bits per heavy atom. The fourth-order valence-corrected chi connectivity index (χ4v) is 2.70. The molecule has 2 aromatic rings. The number of nitrogens with zero attached hydrogens (tertiary/aromatic N) is 1. The minimum Gasteiger partial charge on any atom is -0.497 e. The monoisotopic (exact) mass is 459 g/mol. The van der Waals surface area contributed by atoms with Crippen molar-refractivity contribution in [2.75, 3.05) is 31.8 Å². The van der Waals surface area contributed by atoms with Gasteiger partial charge in [0.1, 0.15) is 11.5 Å². The van der Waals surface area contributed by atoms with Crippen molar-refractivity contribution in [1.29, 1.82) is 0 Å². The summed E-state index contributed by atoms with van der Waals surface area (Å²) in [5.74, 6) is 2.62. The molecule has 0 unspecified atom stereocenters. The number of ether oxygens (including phenoxy) is 2. The van der Waals surface area contributed by atoms with E-state index in [9.17, 15) is 0 Å². The number of benzene rings is 2. The molecule has 0 atom stereocenters. The lowest BCUT2D eigenvalue weighted by molar-refractivity contribution is 0.405. The van der Waals surface area contributed by atoms with Crippen molar-refractivity contribution < 1.29 is 9.47 Å². The maximum Gasteiger partial charge on any atom is 0.193 e. The molecule has 3 N–H and O–H groups in total. The lowest BCUT2D eigenvalue weighted by Crippen LogP contribution is -2.23. The van der Waals surface area contributed by atoms with Crippen LogP contribution < -0.4 is 20.5 Å². The topological polar surface area (TPSA) is 68.9 Å². The fraction of sp³-hybridized carbons (Fsp3) is 0.235. The number of hydrogen-bond donors (Lipinski definition) is 2. The van der Waals surface area contributed by atoms with Gasteiger partial charge >= 0.3 is 0 Å². The average Bonchev–Trinajstić information content (AvgIpc) is 2.59. The zero-order chi connectivity index (χ0) is 16.5. The maximum absolute atomic E-state index is 5.93. The van der Waals surface area contributed by atoms with Crippen LogP contribution in [0.3, 0.4) is 0 Å². The van der Waals surface area contributed by atoms with Gasteiger partial charge in [-0.05, 0) is 24.3 Å². The van der Waals surface area contributed by atoms with E-state index in [-0.39, 0.29) is 24.0 Å². The van der Waals surface area contributed by atoms with Crippen LogP contribution in [0.2, 0.25) is 0 Å². The van der Waals surface area contributed by atoms with Crippen LogP contribution >= 0.6 is 35.7 Å². The molecule has 0 aliphatic heterocycles. The van der Waals surface area contributed by atoms with Crippen molar-refractivity contribution in [3.8, 4) is 11.5 Å². The molecule has 2 rings (SSSR count). The van der Waals surface area contributed by atoms with Gasteiger partial charge in [-0.3, -0.25) is 4.99 Å². The van der Waals surface area contributed by atoms with Gasteiger partial charge in [0, 0.05) is 16.7 Å². The van der Waals surface area contributed by atoms with E-state index in [1.807, 2.05) is 36.4 Å². The van der Waals surface area contributed by atoms with Crippen molar-refractivity contribution in [1.82, 2.24) is 0 Å². The number of rotatable bonds is 7. The number of guanidine groups is 1. The smallest absolute Gasteiger partial charge is 0.193 e. The summed E-state index contributed by atoms with van der Waals surface area (Å²) in [6, 6.07) is 15.7. The van der Waals surface area contributed by atoms with Gasteiger partial charge in [0.25, 0.3) is 0 Å². The summed E-state index contributed by atoms with van der Waals surface area (Å²) in [5.41, 5.74) is 6.66. The summed E-state index contributed by atoms with van der Waals surface area (Å²) in [6.45, 7) is 0.630. The Kier molecular flexibility index (Phi) is 9.39. The van der Waals surface area contributed by atoms with Gasteiger partial charge in [-0.2, -0.15) is 0 Å². The van der Waals surface area contributed by atoms with Crippen LogP contribution in [-0.2, 0) is 0 Å². The van der Waals surface area contributed by atoms with E-state index >= 15 is 0 Å². The Hall–Kier alpha value is -1.61. The predicted molar refractivity (Wildman–Crippen MR) is 112 cm³/mol. The molecule has 0 heterocycles. The summed E-state index contributed by atoms with van der Waals surface area (Å²) < 4.78 is 10.5. The third kappa shape index (κ3) is 6.48. The van der Waals surface area contributed by atoms with Crippen molar-refractivity contribution in [2.24, 2.45) is 10.7 Å². The van der Waals surface area contributed by atoms with Gasteiger partial charge in [-0.25, -0.2) is 0 Å². The molecule has 24 heavy (non-hydrogen) atoms. The zero-order valence-corrected chi connectivity index (χ0v) is 16.8. The first-order chi connectivity index (χ1) is 11.2. The molecule has 0 saturated heterocycles. The van der Waals surface area contributed by atoms with Crippen LogP contribution in [0, 0.1) is 0 Å². The third-order valence-electron chi connectivity index (χ3n) is 3.05. The van der Waals surface area contributed by atoms with E-state index in [1.165, 1.54) is 4.90 Å². The van der Waals surface area contributed by atoms with E-state index in [4.69, 9.17) is 15.2 Å². The van der Waals surface area contributed by atoms with Crippen LogP contribution in [0.25, 0.3) is 0 Å². The molecule has 0 aliphatic carbocycles. The Morgan fingerprint density at radius 3 is 2.54 bits per heavy atom. The molecule has 0 aromatic heterocycles. The summed E-state index contributed by atoms with van der Waals surface area (Å²) in [6.07, 6.45) is 0. The molecule has 7 heteroatoms. The summed E-state index contributed by atoms with van der Waals surface area (Å²) in [7, 11) is 3.22. The molecular weight excluding hydrogens is 437 g/mol. The van der Waals surface area contributed by atoms with E-state index in [0.717, 1.165) is 17.2 Å². The van der Waals surface area contributed by atoms with Gasteiger partial charge < -0.3 is 20.5 Å². The number of anilines is 1. The molecule has 0 fully saturated rings. The summed E-state index contributed by atoms with van der Waals surface area (Å²) in [5, 5.41) is 3.05. The second-order valence-electron chi connectivity index (χ2n) is 4.62. The largest absolute Gasteiger partial charge is 0.497 e. The van der Waals surface area contributed by atoms with Gasteiger partial charge in [0.05, 0.1) is 26.5 Å². The first-order valence-electron chi connectivity index (χ1n) is 7.19. The molecule has 0 bridgehead atoms. The molecule has 0 amide bonds. The Labute approximate surface area is 164 Å². The SMILES string of the molecule is COc1ccc(OC)c(NC(N)=NCCSc2ccccc2)c1.I. The summed E-state index contributed by atoms with van der Waals surface area (Å²) >= 11 is 1.75. The van der Waals surface area contributed by atoms with Crippen LogP contribution in [-0.4, -0.2) is 32.5 Å². The Morgan fingerprint density at radius 2 is 1.88 bits per heavy atom. The van der Waals surface area contributed by atoms with Gasteiger partial charge in [0.2, 0.25) is 0 Å². The lowest BCUT2D eigenvalue weighted by Gasteiger charge is -2.12. The van der Waals surface area contributed by atoms with Crippen molar-refractivity contribution in [3.63, 3.8) is 0 Å². The first-order valence-corrected chi connectivity index (χ1v) is 8.18. The van der Waals surface area contributed by atoms with Crippen molar-refractivity contribution in [3.05, 3.63) is 48.5 Å². The lowest BCUT2D eigenvalue weighted by atomic mass is 10.2. The minimum absolute atomic E-state index is 0. The molecular formula is C17H22IN3O2S. The third-order valence-corrected chi connectivity index (χ3v) is 4.05. The van der Waals surface area contributed by atoms with Crippen LogP contribution in [0.1, 0.15) is 0 Å². The van der Waals surface area contributed by atoms with Gasteiger partial charge in [-0.1, -0.05) is 18.2 Å². The quantitative estimate of drug-likeness (QED) is 0.217. The van der Waals surface area contributed by atoms with Crippen LogP contribution in [0.15, 0.2) is 58.4 Å². The van der Waals surface area contributed by atoms with E-state index < -0.39 is 0 Å². The number of nitrogens with two attached hydrogens (primary N) is 1. The fourth-order valence-electron chi connectivity index (χ4n) is 1.94. The van der Waals surface area contributed by atoms with E-state index in [2.05, 4.69) is 22.4 Å². The highest BCUT2D eigenvalue weighted by atomic mass is 127. The van der Waals surface area contributed by atoms with Crippen molar-refractivity contribution in [2.45, 2.75) is 4.90 Å². The molecule has 0 radical (unpaired) electrons. The minimum atomic E-state index is 0. The molecule has 0 aliphatic rings. The van der Waals surface area contributed by atoms with Gasteiger partial charge in [0.15, 0.2) is 5.96 Å². The van der Waals surface area contributed by atoms with Crippen LogP contribution in [0.4, 0.5) is 5.69 Å². The molecule has 5 nitrogen and oxygen atoms in total.